The minimum atomic E-state index is -0.565. The molecule has 9 nitrogen and oxygen atoms in total. The van der Waals surface area contributed by atoms with Crippen molar-refractivity contribution >= 4 is 52.2 Å². The number of hydrogen-bond donors (Lipinski definition) is 1. The summed E-state index contributed by atoms with van der Waals surface area (Å²) in [7, 11) is 0. The van der Waals surface area contributed by atoms with E-state index in [1.807, 2.05) is 4.90 Å². The summed E-state index contributed by atoms with van der Waals surface area (Å²) >= 11 is 10.1. The number of piperazine rings is 1. The lowest BCUT2D eigenvalue weighted by Gasteiger charge is -2.37. The minimum Gasteiger partial charge on any atom is -0.467 e. The number of ether oxygens (including phenoxy) is 2. The van der Waals surface area contributed by atoms with Crippen LogP contribution in [0.5, 0.6) is 0 Å². The van der Waals surface area contributed by atoms with E-state index in [2.05, 4.69) is 22.1 Å². The Labute approximate surface area is 189 Å². The highest BCUT2D eigenvalue weighted by molar-refractivity contribution is 7.80. The van der Waals surface area contributed by atoms with Crippen molar-refractivity contribution in [2.24, 2.45) is 5.73 Å². The highest BCUT2D eigenvalue weighted by Gasteiger charge is 2.33. The fourth-order valence-corrected chi connectivity index (χ4v) is 3.95. The van der Waals surface area contributed by atoms with E-state index in [9.17, 15) is 9.18 Å². The number of benzene rings is 1. The first kappa shape index (κ1) is 21.2. The van der Waals surface area contributed by atoms with Crippen LogP contribution in [0.4, 0.5) is 20.6 Å². The third-order valence-electron chi connectivity index (χ3n) is 5.14. The average Bonchev–Trinajstić information content (AvgIpc) is 3.42. The zero-order chi connectivity index (χ0) is 22.0. The Bertz CT molecular complexity index is 981. The molecule has 0 bridgehead atoms. The van der Waals surface area contributed by atoms with Crippen molar-refractivity contribution in [2.75, 3.05) is 49.1 Å². The van der Waals surface area contributed by atoms with Gasteiger partial charge in [0.25, 0.3) is 5.17 Å². The van der Waals surface area contributed by atoms with E-state index in [0.29, 0.717) is 42.7 Å². The third kappa shape index (κ3) is 4.69. The molecule has 1 atom stereocenters. The van der Waals surface area contributed by atoms with Crippen LogP contribution in [0.2, 0.25) is 0 Å². The van der Waals surface area contributed by atoms with Gasteiger partial charge in [0.05, 0.1) is 17.9 Å². The molecule has 0 aliphatic carbocycles. The minimum absolute atomic E-state index is 0.0589. The maximum Gasteiger partial charge on any atom is 0.414 e. The smallest absolute Gasteiger partial charge is 0.414 e. The Morgan fingerprint density at radius 2 is 2.06 bits per heavy atom. The van der Waals surface area contributed by atoms with E-state index in [-0.39, 0.29) is 18.3 Å². The van der Waals surface area contributed by atoms with Gasteiger partial charge in [-0.15, -0.1) is 0 Å². The second-order valence-corrected chi connectivity index (χ2v) is 7.88. The van der Waals surface area contributed by atoms with Crippen molar-refractivity contribution in [1.82, 2.24) is 14.5 Å². The number of aromatic nitrogens is 2. The van der Waals surface area contributed by atoms with E-state index in [4.69, 9.17) is 27.4 Å². The second-order valence-electron chi connectivity index (χ2n) is 7.11. The monoisotopic (exact) mass is 464 g/mol. The molecule has 2 aromatic rings. The molecule has 3 heterocycles. The number of amides is 1. The molecular formula is C19H21FN6O3S2. The van der Waals surface area contributed by atoms with E-state index < -0.39 is 18.0 Å². The fraction of sp³-hybridized carbons (Fsp3) is 0.368. The molecule has 1 unspecified atom stereocenters. The van der Waals surface area contributed by atoms with Crippen molar-refractivity contribution < 1.29 is 18.7 Å². The van der Waals surface area contributed by atoms with Crippen LogP contribution in [0.15, 0.2) is 36.9 Å². The van der Waals surface area contributed by atoms with Crippen LogP contribution in [-0.2, 0) is 9.47 Å². The lowest BCUT2D eigenvalue weighted by molar-refractivity contribution is 0.102. The van der Waals surface area contributed by atoms with Crippen molar-refractivity contribution in [3.63, 3.8) is 0 Å². The molecule has 2 aliphatic rings. The third-order valence-corrected chi connectivity index (χ3v) is 5.73. The summed E-state index contributed by atoms with van der Waals surface area (Å²) in [6.07, 6.45) is 4.06. The normalized spacial score (nSPS) is 18.8. The number of nitrogens with two attached hydrogens (primary N) is 1. The van der Waals surface area contributed by atoms with Crippen molar-refractivity contribution in [3.05, 3.63) is 42.7 Å². The number of rotatable bonds is 4. The number of carbonyl (C=O) groups is 1. The predicted molar refractivity (Wildman–Crippen MR) is 121 cm³/mol. The fourth-order valence-electron chi connectivity index (χ4n) is 3.59. The number of halogens is 1. The molecule has 2 saturated heterocycles. The van der Waals surface area contributed by atoms with Crippen LogP contribution >= 0.6 is 24.4 Å². The number of nitrogens with zero attached hydrogens (tertiary/aromatic N) is 5. The molecule has 1 aromatic carbocycles. The summed E-state index contributed by atoms with van der Waals surface area (Å²) in [4.78, 5) is 21.6. The van der Waals surface area contributed by atoms with Gasteiger partial charge >= 0.3 is 6.09 Å². The molecule has 0 saturated carbocycles. The quantitative estimate of drug-likeness (QED) is 0.677. The van der Waals surface area contributed by atoms with Crippen LogP contribution in [0.3, 0.4) is 0 Å². The highest BCUT2D eigenvalue weighted by Crippen LogP contribution is 2.28. The van der Waals surface area contributed by atoms with Gasteiger partial charge < -0.3 is 25.0 Å². The highest BCUT2D eigenvalue weighted by atomic mass is 32.1. The van der Waals surface area contributed by atoms with Crippen LogP contribution in [0, 0.1) is 5.82 Å². The lowest BCUT2D eigenvalue weighted by Crippen LogP contribution is -2.50. The van der Waals surface area contributed by atoms with Gasteiger partial charge in [0.15, 0.2) is 11.2 Å². The molecular weight excluding hydrogens is 443 g/mol. The number of imidazole rings is 1. The summed E-state index contributed by atoms with van der Waals surface area (Å²) in [6.45, 7) is 2.86. The molecule has 0 spiro atoms. The SMILES string of the molecule is NC(=S)OCC1CN(c2ccc(N3CCN(C(=S)n4ccnc4)CC3)c(F)c2)C(=O)O1. The molecule has 4 rings (SSSR count). The van der Waals surface area contributed by atoms with Crippen molar-refractivity contribution in [1.29, 1.82) is 0 Å². The molecule has 1 aromatic heterocycles. The molecule has 12 heteroatoms. The zero-order valence-electron chi connectivity index (χ0n) is 16.5. The van der Waals surface area contributed by atoms with Gasteiger partial charge in [0, 0.05) is 38.6 Å². The van der Waals surface area contributed by atoms with Crippen molar-refractivity contribution in [2.45, 2.75) is 6.10 Å². The summed E-state index contributed by atoms with van der Waals surface area (Å²) in [5, 5.41) is 0.560. The predicted octanol–water partition coefficient (Wildman–Crippen LogP) is 1.56. The molecule has 2 N–H and O–H groups in total. The summed E-state index contributed by atoms with van der Waals surface area (Å²) in [6, 6.07) is 4.73. The zero-order valence-corrected chi connectivity index (χ0v) is 18.1. The summed E-state index contributed by atoms with van der Waals surface area (Å²) in [5.74, 6) is -0.404. The number of thiocarbonyl (C=S) groups is 2. The Kier molecular flexibility index (Phi) is 6.18. The molecule has 0 radical (unpaired) electrons. The Hall–Kier alpha value is -2.99. The van der Waals surface area contributed by atoms with Gasteiger partial charge in [-0.2, -0.15) is 0 Å². The number of cyclic esters (lactones) is 1. The van der Waals surface area contributed by atoms with E-state index in [0.717, 1.165) is 0 Å². The number of hydrogen-bond acceptors (Lipinski definition) is 7. The lowest BCUT2D eigenvalue weighted by atomic mass is 10.2. The first-order valence-electron chi connectivity index (χ1n) is 9.64. The largest absolute Gasteiger partial charge is 0.467 e. The Morgan fingerprint density at radius 3 is 2.71 bits per heavy atom. The van der Waals surface area contributed by atoms with Gasteiger partial charge in [-0.3, -0.25) is 9.47 Å². The first-order valence-corrected chi connectivity index (χ1v) is 10.5. The van der Waals surface area contributed by atoms with E-state index >= 15 is 0 Å². The van der Waals surface area contributed by atoms with E-state index in [1.54, 1.807) is 35.4 Å². The molecule has 164 valence electrons. The topological polar surface area (TPSA) is 89.1 Å². The second kappa shape index (κ2) is 9.02. The molecule has 2 fully saturated rings. The number of anilines is 2. The first-order chi connectivity index (χ1) is 14.9. The van der Waals surface area contributed by atoms with Crippen molar-refractivity contribution in [3.8, 4) is 0 Å². The summed E-state index contributed by atoms with van der Waals surface area (Å²) < 4.78 is 27.0. The molecule has 31 heavy (non-hydrogen) atoms. The van der Waals surface area contributed by atoms with Gasteiger partial charge in [-0.05, 0) is 42.6 Å². The van der Waals surface area contributed by atoms with Crippen LogP contribution in [0.1, 0.15) is 0 Å². The Morgan fingerprint density at radius 1 is 1.29 bits per heavy atom. The Balaban J connectivity index is 1.38. The van der Waals surface area contributed by atoms with Gasteiger partial charge in [0.1, 0.15) is 18.8 Å². The average molecular weight is 465 g/mol. The van der Waals surface area contributed by atoms with Crippen LogP contribution in [-0.4, -0.2) is 76.3 Å². The molecule has 2 aliphatic heterocycles. The van der Waals surface area contributed by atoms with Gasteiger partial charge in [0.2, 0.25) is 0 Å². The molecule has 1 amide bonds. The standard InChI is InChI=1S/C19H21FN6O3S2/c20-15-9-13(26-10-14(29-19(26)27)11-28-17(21)30)1-2-16(15)23-5-7-24(8-6-23)18(31)25-4-3-22-12-25/h1-4,9,12,14H,5-8,10-11H2,(H2,21,30). The maximum absolute atomic E-state index is 14.9. The van der Waals surface area contributed by atoms with Gasteiger partial charge in [-0.25, -0.2) is 14.2 Å². The van der Waals surface area contributed by atoms with Crippen LogP contribution < -0.4 is 15.5 Å². The van der Waals surface area contributed by atoms with Crippen LogP contribution in [0.25, 0.3) is 0 Å². The summed E-state index contributed by atoms with van der Waals surface area (Å²) in [5.41, 5.74) is 6.20. The van der Waals surface area contributed by atoms with E-state index in [1.165, 1.54) is 11.0 Å². The van der Waals surface area contributed by atoms with Gasteiger partial charge in [-0.1, -0.05) is 0 Å². The number of carbonyl (C=O) groups excluding carboxylic acids is 1. The maximum atomic E-state index is 14.9.